The van der Waals surface area contributed by atoms with Crippen molar-refractivity contribution >= 4 is 49.3 Å². The monoisotopic (exact) mass is 401 g/mol. The molecule has 0 saturated carbocycles. The molecule has 0 bridgehead atoms. The normalized spacial score (nSPS) is 11.6. The molecule has 3 aromatic carbocycles. The second-order valence-electron chi connectivity index (χ2n) is 5.81. The summed E-state index contributed by atoms with van der Waals surface area (Å²) in [6, 6.07) is 21.3. The first-order valence-corrected chi connectivity index (χ1v) is 8.74. The van der Waals surface area contributed by atoms with Crippen molar-refractivity contribution in [2.24, 2.45) is 0 Å². The number of nitriles is 1. The van der Waals surface area contributed by atoms with Crippen molar-refractivity contribution < 1.29 is 0 Å². The van der Waals surface area contributed by atoms with Crippen LogP contribution < -0.4 is 5.56 Å². The predicted molar refractivity (Wildman–Crippen MR) is 107 cm³/mol. The summed E-state index contributed by atoms with van der Waals surface area (Å²) in [6.45, 7) is 0. The number of nitrogens with zero attached hydrogens (tertiary/aromatic N) is 2. The van der Waals surface area contributed by atoms with Gasteiger partial charge < -0.3 is 4.98 Å². The van der Waals surface area contributed by atoms with E-state index < -0.39 is 0 Å². The van der Waals surface area contributed by atoms with Crippen molar-refractivity contribution in [3.05, 3.63) is 86.9 Å². The number of allylic oxidation sites excluding steroid dienone is 1. The van der Waals surface area contributed by atoms with E-state index >= 15 is 0 Å². The Labute approximate surface area is 157 Å². The van der Waals surface area contributed by atoms with Gasteiger partial charge in [0, 0.05) is 4.47 Å². The van der Waals surface area contributed by atoms with Crippen LogP contribution >= 0.6 is 15.9 Å². The maximum atomic E-state index is 12.4. The van der Waals surface area contributed by atoms with Gasteiger partial charge in [-0.1, -0.05) is 58.4 Å². The molecule has 1 aromatic heterocycles. The fourth-order valence-electron chi connectivity index (χ4n) is 2.92. The number of hydrogen-bond donors (Lipinski definition) is 1. The molecule has 4 aromatic rings. The lowest BCUT2D eigenvalue weighted by molar-refractivity contribution is 1.13. The molecule has 0 unspecified atom stereocenters. The smallest absolute Gasteiger partial charge is 0.259 e. The zero-order chi connectivity index (χ0) is 18.1. The van der Waals surface area contributed by atoms with Gasteiger partial charge >= 0.3 is 0 Å². The molecule has 1 heterocycles. The summed E-state index contributed by atoms with van der Waals surface area (Å²) in [5.74, 6) is 0.264. The topological polar surface area (TPSA) is 69.5 Å². The molecule has 4 rings (SSSR count). The van der Waals surface area contributed by atoms with Gasteiger partial charge in [-0.3, -0.25) is 4.79 Å². The number of rotatable bonds is 2. The van der Waals surface area contributed by atoms with Crippen LogP contribution in [-0.4, -0.2) is 9.97 Å². The molecule has 0 spiro atoms. The highest BCUT2D eigenvalue weighted by molar-refractivity contribution is 9.10. The van der Waals surface area contributed by atoms with Crippen LogP contribution in [0.15, 0.2) is 69.9 Å². The molecule has 5 heteroatoms. The number of benzene rings is 3. The molecule has 0 atom stereocenters. The SMILES string of the molecule is N#C/C(=C\c1cccc2ccccc12)c1nc2ccc(Br)cc2c(=O)[nH]1. The molecule has 0 radical (unpaired) electrons. The quantitative estimate of drug-likeness (QED) is 0.485. The Balaban J connectivity index is 1.91. The van der Waals surface area contributed by atoms with Gasteiger partial charge in [0.1, 0.15) is 6.07 Å². The Bertz CT molecular complexity index is 1280. The fraction of sp³-hybridized carbons (Fsp3) is 0. The molecular weight excluding hydrogens is 390 g/mol. The summed E-state index contributed by atoms with van der Waals surface area (Å²) in [6.07, 6.45) is 1.76. The van der Waals surface area contributed by atoms with Crippen LogP contribution in [0, 0.1) is 11.3 Å². The zero-order valence-corrected chi connectivity index (χ0v) is 15.1. The van der Waals surface area contributed by atoms with Crippen LogP contribution in [0.5, 0.6) is 0 Å². The first-order chi connectivity index (χ1) is 12.7. The van der Waals surface area contributed by atoms with Crippen LogP contribution in [0.3, 0.4) is 0 Å². The van der Waals surface area contributed by atoms with E-state index in [1.807, 2.05) is 48.5 Å². The Morgan fingerprint density at radius 3 is 2.73 bits per heavy atom. The van der Waals surface area contributed by atoms with E-state index in [2.05, 4.69) is 32.0 Å². The van der Waals surface area contributed by atoms with Gasteiger partial charge in [-0.05, 0) is 40.6 Å². The molecule has 1 N–H and O–H groups in total. The molecule has 0 amide bonds. The highest BCUT2D eigenvalue weighted by atomic mass is 79.9. The molecule has 0 fully saturated rings. The van der Waals surface area contributed by atoms with E-state index in [-0.39, 0.29) is 11.4 Å². The molecule has 0 aliphatic carbocycles. The van der Waals surface area contributed by atoms with Gasteiger partial charge in [0.15, 0.2) is 5.82 Å². The van der Waals surface area contributed by atoms with Gasteiger partial charge in [-0.25, -0.2) is 4.98 Å². The van der Waals surface area contributed by atoms with Gasteiger partial charge in [0.25, 0.3) is 5.56 Å². The van der Waals surface area contributed by atoms with Crippen LogP contribution in [0.25, 0.3) is 33.3 Å². The molecule has 0 saturated heterocycles. The van der Waals surface area contributed by atoms with Crippen LogP contribution in [-0.2, 0) is 0 Å². The minimum atomic E-state index is -0.273. The average molecular weight is 402 g/mol. The van der Waals surface area contributed by atoms with Gasteiger partial charge in [-0.2, -0.15) is 5.26 Å². The minimum Gasteiger partial charge on any atom is -0.305 e. The van der Waals surface area contributed by atoms with Crippen molar-refractivity contribution in [2.45, 2.75) is 0 Å². The van der Waals surface area contributed by atoms with E-state index in [0.29, 0.717) is 16.5 Å². The van der Waals surface area contributed by atoms with Gasteiger partial charge in [0.2, 0.25) is 0 Å². The lowest BCUT2D eigenvalue weighted by Gasteiger charge is -2.05. The van der Waals surface area contributed by atoms with Crippen LogP contribution in [0.1, 0.15) is 11.4 Å². The molecule has 26 heavy (non-hydrogen) atoms. The number of halogens is 1. The van der Waals surface area contributed by atoms with Crippen molar-refractivity contribution in [1.82, 2.24) is 9.97 Å². The van der Waals surface area contributed by atoms with E-state index in [4.69, 9.17) is 0 Å². The van der Waals surface area contributed by atoms with Crippen LogP contribution in [0.4, 0.5) is 0 Å². The molecule has 4 nitrogen and oxygen atoms in total. The lowest BCUT2D eigenvalue weighted by Crippen LogP contribution is -2.11. The van der Waals surface area contributed by atoms with Crippen molar-refractivity contribution in [1.29, 1.82) is 5.26 Å². The summed E-state index contributed by atoms with van der Waals surface area (Å²) >= 11 is 3.35. The second kappa shape index (κ2) is 6.58. The lowest BCUT2D eigenvalue weighted by atomic mass is 10.0. The first-order valence-electron chi connectivity index (χ1n) is 7.95. The fourth-order valence-corrected chi connectivity index (χ4v) is 3.28. The first kappa shape index (κ1) is 16.2. The molecular formula is C21H12BrN3O. The number of aromatic nitrogens is 2. The van der Waals surface area contributed by atoms with Crippen molar-refractivity contribution in [3.8, 4) is 6.07 Å². The summed E-state index contributed by atoms with van der Waals surface area (Å²) in [4.78, 5) is 19.6. The maximum absolute atomic E-state index is 12.4. The van der Waals surface area contributed by atoms with E-state index in [0.717, 1.165) is 20.8 Å². The second-order valence-corrected chi connectivity index (χ2v) is 6.73. The summed E-state index contributed by atoms with van der Waals surface area (Å²) in [5.41, 5.74) is 1.48. The Hall–Kier alpha value is -3.23. The Morgan fingerprint density at radius 2 is 1.88 bits per heavy atom. The third-order valence-corrected chi connectivity index (χ3v) is 4.66. The molecule has 124 valence electrons. The van der Waals surface area contributed by atoms with Gasteiger partial charge in [0.05, 0.1) is 16.5 Å². The number of aromatic amines is 1. The van der Waals surface area contributed by atoms with E-state index in [1.165, 1.54) is 0 Å². The maximum Gasteiger partial charge on any atom is 0.259 e. The van der Waals surface area contributed by atoms with Crippen LogP contribution in [0.2, 0.25) is 0 Å². The summed E-state index contributed by atoms with van der Waals surface area (Å²) in [7, 11) is 0. The third kappa shape index (κ3) is 2.92. The largest absolute Gasteiger partial charge is 0.305 e. The van der Waals surface area contributed by atoms with E-state index in [1.54, 1.807) is 18.2 Å². The molecule has 0 aliphatic heterocycles. The number of H-pyrrole nitrogens is 1. The zero-order valence-electron chi connectivity index (χ0n) is 13.5. The predicted octanol–water partition coefficient (Wildman–Crippen LogP) is 4.90. The number of nitrogens with one attached hydrogen (secondary N) is 1. The highest BCUT2D eigenvalue weighted by Gasteiger charge is 2.09. The van der Waals surface area contributed by atoms with Gasteiger partial charge in [-0.15, -0.1) is 0 Å². The third-order valence-electron chi connectivity index (χ3n) is 4.17. The average Bonchev–Trinajstić information content (AvgIpc) is 2.66. The molecule has 0 aliphatic rings. The summed E-state index contributed by atoms with van der Waals surface area (Å²) < 4.78 is 0.803. The van der Waals surface area contributed by atoms with Crippen molar-refractivity contribution in [3.63, 3.8) is 0 Å². The van der Waals surface area contributed by atoms with E-state index in [9.17, 15) is 10.1 Å². The highest BCUT2D eigenvalue weighted by Crippen LogP contribution is 2.23. The van der Waals surface area contributed by atoms with Crippen molar-refractivity contribution in [2.75, 3.05) is 0 Å². The summed E-state index contributed by atoms with van der Waals surface area (Å²) in [5, 5.41) is 12.2. The standard InChI is InChI=1S/C21H12BrN3O/c22-16-8-9-19-18(11-16)21(26)25-20(24-19)15(12-23)10-14-6-3-5-13-4-1-2-7-17(13)14/h1-11H,(H,24,25,26)/b15-10+. The Kier molecular flexibility index (Phi) is 4.11. The number of hydrogen-bond acceptors (Lipinski definition) is 3. The number of fused-ring (bicyclic) bond motifs is 2. The minimum absolute atomic E-state index is 0.264. The Morgan fingerprint density at radius 1 is 1.08 bits per heavy atom.